The standard InChI is InChI=1S/C13H15.C8H11.2ClH.Zr/c1-3-5-11-6-4-7-12-8-10(2)9-13(11)12;1-2-5-8-6-3-4-7-8;;;/h4,6-9H,3,5H2,1-2H3;3-4,6-7H,2,5H2,1H3;2*1H;/q;;;;+2/p-2. The first-order valence-corrected chi connectivity index (χ1v) is 11.5. The van der Waals surface area contributed by atoms with E-state index in [-0.39, 0.29) is 24.8 Å². The minimum Gasteiger partial charge on any atom is -1.00 e. The zero-order chi connectivity index (χ0) is 15.5. The molecular weight excluding hydrogens is 414 g/mol. The molecule has 2 aliphatic rings. The second kappa shape index (κ2) is 10.1. The van der Waals surface area contributed by atoms with Crippen molar-refractivity contribution < 1.29 is 48.0 Å². The fraction of sp³-hybridized carbons (Fsp3) is 0.429. The Morgan fingerprint density at radius 2 is 1.79 bits per heavy atom. The largest absolute Gasteiger partial charge is 1.00 e. The van der Waals surface area contributed by atoms with Crippen LogP contribution in [0.1, 0.15) is 60.3 Å². The Hall–Kier alpha value is -0.0969. The molecule has 0 saturated heterocycles. The summed E-state index contributed by atoms with van der Waals surface area (Å²) in [6, 6.07) is 7.02. The van der Waals surface area contributed by atoms with Crippen LogP contribution in [-0.2, 0) is 29.7 Å². The fourth-order valence-corrected chi connectivity index (χ4v) is 8.17. The fourth-order valence-electron chi connectivity index (χ4n) is 3.71. The van der Waals surface area contributed by atoms with Crippen molar-refractivity contribution in [2.75, 3.05) is 0 Å². The number of allylic oxidation sites excluding steroid dienone is 5. The van der Waals surface area contributed by atoms with Crippen LogP contribution in [0.15, 0.2) is 47.6 Å². The van der Waals surface area contributed by atoms with Crippen LogP contribution in [0, 0.1) is 0 Å². The number of rotatable bonds is 6. The molecule has 3 heteroatoms. The van der Waals surface area contributed by atoms with Gasteiger partial charge in [-0.15, -0.1) is 0 Å². The third-order valence-corrected chi connectivity index (χ3v) is 9.76. The van der Waals surface area contributed by atoms with E-state index in [1.54, 1.807) is 27.8 Å². The average molecular weight is 441 g/mol. The molecule has 0 heterocycles. The van der Waals surface area contributed by atoms with Crippen molar-refractivity contribution in [3.05, 3.63) is 64.3 Å². The molecule has 0 saturated carbocycles. The molecule has 0 N–H and O–H groups in total. The van der Waals surface area contributed by atoms with Gasteiger partial charge in [0.25, 0.3) is 0 Å². The molecule has 24 heavy (non-hydrogen) atoms. The van der Waals surface area contributed by atoms with Crippen molar-refractivity contribution in [3.63, 3.8) is 0 Å². The maximum Gasteiger partial charge on any atom is -1.00 e. The van der Waals surface area contributed by atoms with Gasteiger partial charge < -0.3 is 24.8 Å². The Kier molecular flexibility index (Phi) is 9.28. The maximum atomic E-state index is 2.49. The molecule has 0 nitrogen and oxygen atoms in total. The molecular formula is C21H26Cl2Zr. The van der Waals surface area contributed by atoms with Crippen molar-refractivity contribution in [3.8, 4) is 0 Å². The topological polar surface area (TPSA) is 0 Å². The van der Waals surface area contributed by atoms with E-state index in [9.17, 15) is 0 Å². The second-order valence-electron chi connectivity index (χ2n) is 6.51. The number of halogens is 2. The zero-order valence-corrected chi connectivity index (χ0v) is 18.8. The van der Waals surface area contributed by atoms with Crippen LogP contribution < -0.4 is 24.8 Å². The molecule has 2 atom stereocenters. The van der Waals surface area contributed by atoms with Gasteiger partial charge in [-0.2, -0.15) is 0 Å². The van der Waals surface area contributed by atoms with E-state index in [0.29, 0.717) is 0 Å². The summed E-state index contributed by atoms with van der Waals surface area (Å²) in [6.07, 6.45) is 14.7. The zero-order valence-electron chi connectivity index (χ0n) is 14.8. The average Bonchev–Trinajstić information content (AvgIpc) is 3.07. The summed E-state index contributed by atoms with van der Waals surface area (Å²) in [6.45, 7) is 6.95. The van der Waals surface area contributed by atoms with Gasteiger partial charge in [0.05, 0.1) is 0 Å². The third-order valence-electron chi connectivity index (χ3n) is 4.79. The number of aryl methyl sites for hydroxylation is 1. The van der Waals surface area contributed by atoms with Crippen molar-refractivity contribution >= 4 is 6.08 Å². The molecule has 2 unspecified atom stereocenters. The van der Waals surface area contributed by atoms with E-state index in [4.69, 9.17) is 0 Å². The Morgan fingerprint density at radius 1 is 1.04 bits per heavy atom. The summed E-state index contributed by atoms with van der Waals surface area (Å²) >= 11 is -0.539. The van der Waals surface area contributed by atoms with Crippen LogP contribution in [0.2, 0.25) is 3.63 Å². The molecule has 0 radical (unpaired) electrons. The summed E-state index contributed by atoms with van der Waals surface area (Å²) in [5.41, 5.74) is 8.11. The molecule has 1 aromatic rings. The Morgan fingerprint density at radius 3 is 2.50 bits per heavy atom. The molecule has 0 amide bonds. The van der Waals surface area contributed by atoms with E-state index >= 15 is 0 Å². The molecule has 128 valence electrons. The third kappa shape index (κ3) is 4.54. The van der Waals surface area contributed by atoms with Crippen molar-refractivity contribution in [2.45, 2.75) is 53.7 Å². The molecule has 3 rings (SSSR count). The van der Waals surface area contributed by atoms with Gasteiger partial charge >= 0.3 is 147 Å². The smallest absolute Gasteiger partial charge is 1.00 e. The monoisotopic (exact) mass is 438 g/mol. The number of hydrogen-bond acceptors (Lipinski definition) is 0. The van der Waals surface area contributed by atoms with Gasteiger partial charge in [-0.25, -0.2) is 0 Å². The summed E-state index contributed by atoms with van der Waals surface area (Å²) in [5.74, 6) is 0. The van der Waals surface area contributed by atoms with Crippen molar-refractivity contribution in [2.24, 2.45) is 0 Å². The van der Waals surface area contributed by atoms with Gasteiger partial charge in [-0.05, 0) is 0 Å². The molecule has 0 fully saturated rings. The first kappa shape index (κ1) is 21.9. The Labute approximate surface area is 171 Å². The van der Waals surface area contributed by atoms with Gasteiger partial charge in [-0.1, -0.05) is 0 Å². The SMILES string of the molecule is CCCC1=CC=C[CH]1[Zr+2][CH]1C(C)=Cc2c(CCC)cccc21.[Cl-].[Cl-]. The van der Waals surface area contributed by atoms with Crippen LogP contribution in [-0.4, -0.2) is 0 Å². The van der Waals surface area contributed by atoms with E-state index in [2.05, 4.69) is 63.3 Å². The number of fused-ring (bicyclic) bond motifs is 1. The molecule has 0 aliphatic heterocycles. The van der Waals surface area contributed by atoms with Gasteiger partial charge in [0.2, 0.25) is 0 Å². The molecule has 0 spiro atoms. The van der Waals surface area contributed by atoms with Crippen LogP contribution >= 0.6 is 0 Å². The quantitative estimate of drug-likeness (QED) is 0.596. The Balaban J connectivity index is 0.00000144. The van der Waals surface area contributed by atoms with Crippen molar-refractivity contribution in [1.29, 1.82) is 0 Å². The molecule has 2 aliphatic carbocycles. The molecule has 1 aromatic carbocycles. The van der Waals surface area contributed by atoms with Crippen LogP contribution in [0.4, 0.5) is 0 Å². The van der Waals surface area contributed by atoms with E-state index in [1.807, 2.05) is 0 Å². The summed E-state index contributed by atoms with van der Waals surface area (Å²) < 4.78 is 1.60. The van der Waals surface area contributed by atoms with Gasteiger partial charge in [-0.3, -0.25) is 0 Å². The summed E-state index contributed by atoms with van der Waals surface area (Å²) in [7, 11) is 0. The summed E-state index contributed by atoms with van der Waals surface area (Å²) in [5, 5.41) is 0. The van der Waals surface area contributed by atoms with Crippen LogP contribution in [0.3, 0.4) is 0 Å². The van der Waals surface area contributed by atoms with Gasteiger partial charge in [0.1, 0.15) is 0 Å². The second-order valence-corrected chi connectivity index (χ2v) is 10.3. The first-order chi connectivity index (χ1) is 10.7. The van der Waals surface area contributed by atoms with E-state index in [1.165, 1.54) is 25.7 Å². The first-order valence-electron chi connectivity index (χ1n) is 8.67. The van der Waals surface area contributed by atoms with Crippen molar-refractivity contribution in [1.82, 2.24) is 0 Å². The Bertz CT molecular complexity index is 643. The van der Waals surface area contributed by atoms with Gasteiger partial charge in [0, 0.05) is 0 Å². The predicted molar refractivity (Wildman–Crippen MR) is 92.7 cm³/mol. The minimum atomic E-state index is -0.539. The molecule has 0 aromatic heterocycles. The number of benzene rings is 1. The predicted octanol–water partition coefficient (Wildman–Crippen LogP) is 0.272. The van der Waals surface area contributed by atoms with Gasteiger partial charge in [0.15, 0.2) is 0 Å². The van der Waals surface area contributed by atoms with E-state index < -0.39 is 23.2 Å². The normalized spacial score (nSPS) is 20.5. The minimum absolute atomic E-state index is 0. The van der Waals surface area contributed by atoms with Crippen LogP contribution in [0.5, 0.6) is 0 Å². The summed E-state index contributed by atoms with van der Waals surface area (Å²) in [4.78, 5) is 0. The molecule has 0 bridgehead atoms. The maximum absolute atomic E-state index is 2.49. The van der Waals surface area contributed by atoms with E-state index in [0.717, 1.165) is 7.25 Å². The van der Waals surface area contributed by atoms with Crippen LogP contribution in [0.25, 0.3) is 6.08 Å². The number of hydrogen-bond donors (Lipinski definition) is 0.